The van der Waals surface area contributed by atoms with Crippen LogP contribution in [0.1, 0.15) is 18.4 Å². The van der Waals surface area contributed by atoms with Crippen molar-refractivity contribution < 1.29 is 0 Å². The van der Waals surface area contributed by atoms with E-state index in [0.717, 1.165) is 36.2 Å². The van der Waals surface area contributed by atoms with Gasteiger partial charge in [-0.3, -0.25) is 0 Å². The molecule has 2 heterocycles. The first-order valence-electron chi connectivity index (χ1n) is 7.01. The minimum absolute atomic E-state index is 0.771. The van der Waals surface area contributed by atoms with E-state index in [1.807, 2.05) is 36.5 Å². The van der Waals surface area contributed by atoms with E-state index in [2.05, 4.69) is 21.3 Å². The van der Waals surface area contributed by atoms with Crippen molar-refractivity contribution in [3.63, 3.8) is 0 Å². The van der Waals surface area contributed by atoms with Crippen molar-refractivity contribution in [2.24, 2.45) is 0 Å². The highest BCUT2D eigenvalue weighted by Gasteiger charge is 2.16. The van der Waals surface area contributed by atoms with E-state index >= 15 is 0 Å². The van der Waals surface area contributed by atoms with Crippen LogP contribution in [0.4, 0.5) is 11.5 Å². The van der Waals surface area contributed by atoms with Crippen molar-refractivity contribution in [1.82, 2.24) is 4.98 Å². The molecule has 0 aliphatic carbocycles. The van der Waals surface area contributed by atoms with Crippen molar-refractivity contribution in [3.8, 4) is 0 Å². The number of halogens is 1. The predicted molar refractivity (Wildman–Crippen MR) is 84.5 cm³/mol. The van der Waals surface area contributed by atoms with Crippen molar-refractivity contribution in [3.05, 3.63) is 53.2 Å². The number of aromatic nitrogens is 1. The fourth-order valence-corrected chi connectivity index (χ4v) is 2.64. The number of anilines is 2. The SMILES string of the molecule is Clc1ccc(CNc2cccnc2N2CCCC2)cc1. The van der Waals surface area contributed by atoms with Gasteiger partial charge in [-0.2, -0.15) is 0 Å². The summed E-state index contributed by atoms with van der Waals surface area (Å²) in [5.41, 5.74) is 2.31. The summed E-state index contributed by atoms with van der Waals surface area (Å²) in [6, 6.07) is 12.0. The summed E-state index contributed by atoms with van der Waals surface area (Å²) < 4.78 is 0. The first-order valence-corrected chi connectivity index (χ1v) is 7.39. The van der Waals surface area contributed by atoms with Gasteiger partial charge in [0.05, 0.1) is 5.69 Å². The second kappa shape index (κ2) is 6.14. The summed E-state index contributed by atoms with van der Waals surface area (Å²) in [6.07, 6.45) is 4.38. The van der Waals surface area contributed by atoms with Gasteiger partial charge in [0.25, 0.3) is 0 Å². The number of hydrogen-bond donors (Lipinski definition) is 1. The molecule has 1 aromatic carbocycles. The van der Waals surface area contributed by atoms with Crippen LogP contribution in [0.25, 0.3) is 0 Å². The molecule has 3 nitrogen and oxygen atoms in total. The van der Waals surface area contributed by atoms with Crippen LogP contribution in [0.3, 0.4) is 0 Å². The van der Waals surface area contributed by atoms with Crippen LogP contribution in [-0.4, -0.2) is 18.1 Å². The maximum Gasteiger partial charge on any atom is 0.151 e. The molecule has 104 valence electrons. The number of pyridine rings is 1. The lowest BCUT2D eigenvalue weighted by atomic mass is 10.2. The standard InChI is InChI=1S/C16H18ClN3/c17-14-7-5-13(6-8-14)12-19-15-4-3-9-18-16(15)20-10-1-2-11-20/h3-9,19H,1-2,10-12H2. The largest absolute Gasteiger partial charge is 0.378 e. The van der Waals surface area contributed by atoms with E-state index in [9.17, 15) is 0 Å². The maximum absolute atomic E-state index is 5.90. The highest BCUT2D eigenvalue weighted by atomic mass is 35.5. The van der Waals surface area contributed by atoms with Crippen molar-refractivity contribution in [2.45, 2.75) is 19.4 Å². The highest BCUT2D eigenvalue weighted by molar-refractivity contribution is 6.30. The lowest BCUT2D eigenvalue weighted by Crippen LogP contribution is -2.20. The van der Waals surface area contributed by atoms with Gasteiger partial charge in [0.15, 0.2) is 5.82 Å². The molecular formula is C16H18ClN3. The van der Waals surface area contributed by atoms with Gasteiger partial charge >= 0.3 is 0 Å². The minimum Gasteiger partial charge on any atom is -0.378 e. The molecule has 3 rings (SSSR count). The van der Waals surface area contributed by atoms with E-state index in [0.29, 0.717) is 0 Å². The molecule has 1 aliphatic heterocycles. The average Bonchev–Trinajstić information content (AvgIpc) is 3.01. The number of nitrogens with one attached hydrogen (secondary N) is 1. The summed E-state index contributed by atoms with van der Waals surface area (Å²) >= 11 is 5.90. The molecule has 2 aromatic rings. The molecule has 1 aliphatic rings. The zero-order valence-electron chi connectivity index (χ0n) is 11.3. The molecule has 1 saturated heterocycles. The Bertz CT molecular complexity index is 562. The van der Waals surface area contributed by atoms with Gasteiger partial charge in [0.2, 0.25) is 0 Å². The van der Waals surface area contributed by atoms with Crippen LogP contribution in [0, 0.1) is 0 Å². The molecule has 20 heavy (non-hydrogen) atoms. The maximum atomic E-state index is 5.90. The Labute approximate surface area is 124 Å². The first-order chi connectivity index (χ1) is 9.83. The predicted octanol–water partition coefficient (Wildman–Crippen LogP) is 3.95. The van der Waals surface area contributed by atoms with Gasteiger partial charge in [-0.1, -0.05) is 23.7 Å². The second-order valence-electron chi connectivity index (χ2n) is 5.05. The van der Waals surface area contributed by atoms with Crippen molar-refractivity contribution in [1.29, 1.82) is 0 Å². The summed E-state index contributed by atoms with van der Waals surface area (Å²) in [6.45, 7) is 2.99. The lowest BCUT2D eigenvalue weighted by Gasteiger charge is -2.20. The zero-order chi connectivity index (χ0) is 13.8. The first kappa shape index (κ1) is 13.3. The lowest BCUT2D eigenvalue weighted by molar-refractivity contribution is 0.935. The van der Waals surface area contributed by atoms with Crippen LogP contribution >= 0.6 is 11.6 Å². The third-order valence-corrected chi connectivity index (χ3v) is 3.84. The molecule has 0 atom stereocenters. The van der Waals surface area contributed by atoms with E-state index in [4.69, 9.17) is 11.6 Å². The van der Waals surface area contributed by atoms with Crippen LogP contribution in [-0.2, 0) is 6.54 Å². The van der Waals surface area contributed by atoms with Crippen LogP contribution < -0.4 is 10.2 Å². The summed E-state index contributed by atoms with van der Waals surface area (Å²) in [4.78, 5) is 6.88. The number of rotatable bonds is 4. The average molecular weight is 288 g/mol. The summed E-state index contributed by atoms with van der Waals surface area (Å²) in [7, 11) is 0. The van der Waals surface area contributed by atoms with Gasteiger partial charge in [0.1, 0.15) is 0 Å². The number of nitrogens with zero attached hydrogens (tertiary/aromatic N) is 2. The van der Waals surface area contributed by atoms with Crippen molar-refractivity contribution >= 4 is 23.1 Å². The Balaban J connectivity index is 1.72. The molecule has 0 spiro atoms. The van der Waals surface area contributed by atoms with Gasteiger partial charge in [-0.25, -0.2) is 4.98 Å². The fraction of sp³-hybridized carbons (Fsp3) is 0.312. The Morgan fingerprint density at radius 2 is 1.85 bits per heavy atom. The molecule has 0 radical (unpaired) electrons. The molecular weight excluding hydrogens is 270 g/mol. The van der Waals surface area contributed by atoms with Gasteiger partial charge < -0.3 is 10.2 Å². The normalized spacial score (nSPS) is 14.6. The fourth-order valence-electron chi connectivity index (χ4n) is 2.52. The summed E-state index contributed by atoms with van der Waals surface area (Å²) in [5.74, 6) is 1.07. The van der Waals surface area contributed by atoms with Gasteiger partial charge in [-0.05, 0) is 42.7 Å². The van der Waals surface area contributed by atoms with Crippen molar-refractivity contribution in [2.75, 3.05) is 23.3 Å². The highest BCUT2D eigenvalue weighted by Crippen LogP contribution is 2.26. The number of hydrogen-bond acceptors (Lipinski definition) is 3. The van der Waals surface area contributed by atoms with Gasteiger partial charge in [0, 0.05) is 30.9 Å². The van der Waals surface area contributed by atoms with Crippen LogP contribution in [0.15, 0.2) is 42.6 Å². The van der Waals surface area contributed by atoms with E-state index in [1.54, 1.807) is 0 Å². The Hall–Kier alpha value is -1.74. The summed E-state index contributed by atoms with van der Waals surface area (Å²) in [5, 5.41) is 4.25. The molecule has 1 aromatic heterocycles. The molecule has 4 heteroatoms. The van der Waals surface area contributed by atoms with E-state index < -0.39 is 0 Å². The second-order valence-corrected chi connectivity index (χ2v) is 5.49. The molecule has 1 N–H and O–H groups in total. The Morgan fingerprint density at radius 3 is 2.60 bits per heavy atom. The quantitative estimate of drug-likeness (QED) is 0.923. The molecule has 0 bridgehead atoms. The van der Waals surface area contributed by atoms with Gasteiger partial charge in [-0.15, -0.1) is 0 Å². The Morgan fingerprint density at radius 1 is 1.10 bits per heavy atom. The topological polar surface area (TPSA) is 28.2 Å². The van der Waals surface area contributed by atoms with Crippen LogP contribution in [0.5, 0.6) is 0 Å². The molecule has 0 unspecified atom stereocenters. The molecule has 1 fully saturated rings. The van der Waals surface area contributed by atoms with E-state index in [-0.39, 0.29) is 0 Å². The smallest absolute Gasteiger partial charge is 0.151 e. The number of benzene rings is 1. The molecule has 0 amide bonds. The van der Waals surface area contributed by atoms with Crippen LogP contribution in [0.2, 0.25) is 5.02 Å². The third kappa shape index (κ3) is 3.05. The zero-order valence-corrected chi connectivity index (χ0v) is 12.1. The van der Waals surface area contributed by atoms with E-state index in [1.165, 1.54) is 18.4 Å². The molecule has 0 saturated carbocycles. The Kier molecular flexibility index (Phi) is 4.07. The minimum atomic E-state index is 0.771. The monoisotopic (exact) mass is 287 g/mol. The third-order valence-electron chi connectivity index (χ3n) is 3.59.